The van der Waals surface area contributed by atoms with E-state index in [2.05, 4.69) is 21.3 Å². The van der Waals surface area contributed by atoms with Crippen LogP contribution in [0.3, 0.4) is 0 Å². The van der Waals surface area contributed by atoms with E-state index in [9.17, 15) is 18.8 Å². The summed E-state index contributed by atoms with van der Waals surface area (Å²) >= 11 is 0. The van der Waals surface area contributed by atoms with Crippen LogP contribution in [-0.4, -0.2) is 50.8 Å². The van der Waals surface area contributed by atoms with Gasteiger partial charge in [0, 0.05) is 18.6 Å². The number of amides is 1. The Morgan fingerprint density at radius 2 is 1.77 bits per heavy atom. The maximum atomic E-state index is 14.4. The lowest BCUT2D eigenvalue weighted by Gasteiger charge is -2.31. The fourth-order valence-corrected chi connectivity index (χ4v) is 5.78. The maximum Gasteiger partial charge on any atom is 0.407 e. The van der Waals surface area contributed by atoms with Gasteiger partial charge in [0.25, 0.3) is 5.56 Å². The van der Waals surface area contributed by atoms with Crippen molar-refractivity contribution in [3.63, 3.8) is 0 Å². The summed E-state index contributed by atoms with van der Waals surface area (Å²) in [6, 6.07) is 16.2. The average Bonchev–Trinajstić information content (AvgIpc) is 2.93. The second-order valence-corrected chi connectivity index (χ2v) is 12.4. The number of halogens is 1. The molecule has 0 spiro atoms. The summed E-state index contributed by atoms with van der Waals surface area (Å²) in [4.78, 5) is 46.4. The Bertz CT molecular complexity index is 1760. The molecule has 4 aromatic rings. The molecule has 5 rings (SSSR count). The molecule has 1 fully saturated rings. The van der Waals surface area contributed by atoms with Crippen molar-refractivity contribution in [2.24, 2.45) is 0 Å². The van der Waals surface area contributed by atoms with Gasteiger partial charge in [0.05, 0.1) is 17.3 Å². The molecule has 2 aromatic heterocycles. The Labute approximate surface area is 249 Å². The van der Waals surface area contributed by atoms with E-state index in [1.807, 2.05) is 50.5 Å². The molecule has 0 aliphatic heterocycles. The number of nitrogens with zero attached hydrogens (tertiary/aromatic N) is 4. The normalized spacial score (nSPS) is 17.3. The molecule has 1 aliphatic rings. The smallest absolute Gasteiger partial charge is 0.407 e. The molecule has 1 saturated carbocycles. The van der Waals surface area contributed by atoms with Gasteiger partial charge in [-0.2, -0.15) is 0 Å². The summed E-state index contributed by atoms with van der Waals surface area (Å²) in [6.07, 6.45) is 2.63. The number of hydrogen-bond acceptors (Lipinski definition) is 6. The van der Waals surface area contributed by atoms with Crippen LogP contribution in [0.25, 0.3) is 27.8 Å². The third-order valence-corrected chi connectivity index (χ3v) is 7.59. The lowest BCUT2D eigenvalue weighted by atomic mass is 9.91. The first-order chi connectivity index (χ1) is 20.4. The van der Waals surface area contributed by atoms with Crippen molar-refractivity contribution in [1.29, 1.82) is 0 Å². The van der Waals surface area contributed by atoms with Gasteiger partial charge in [0.2, 0.25) is 0 Å². The van der Waals surface area contributed by atoms with Crippen LogP contribution in [0.4, 0.5) is 9.18 Å². The number of carbonyl (C=O) groups is 1. The van der Waals surface area contributed by atoms with Crippen LogP contribution >= 0.6 is 0 Å². The Morgan fingerprint density at radius 3 is 2.47 bits per heavy atom. The lowest BCUT2D eigenvalue weighted by Crippen LogP contribution is -2.45. The van der Waals surface area contributed by atoms with E-state index in [0.717, 1.165) is 35.5 Å². The number of carbonyl (C=O) groups excluding carboxylic acids is 1. The van der Waals surface area contributed by atoms with Crippen molar-refractivity contribution in [2.75, 3.05) is 14.1 Å². The fourth-order valence-electron chi connectivity index (χ4n) is 5.78. The van der Waals surface area contributed by atoms with Crippen LogP contribution in [0.2, 0.25) is 0 Å². The van der Waals surface area contributed by atoms with Crippen molar-refractivity contribution < 1.29 is 13.9 Å². The second-order valence-electron chi connectivity index (χ2n) is 12.4. The van der Waals surface area contributed by atoms with Crippen LogP contribution < -0.4 is 16.6 Å². The first kappa shape index (κ1) is 30.2. The summed E-state index contributed by atoms with van der Waals surface area (Å²) in [5.41, 5.74) is 1.98. The molecule has 2 heterocycles. The second kappa shape index (κ2) is 12.1. The van der Waals surface area contributed by atoms with Gasteiger partial charge >= 0.3 is 11.8 Å². The van der Waals surface area contributed by atoms with Crippen molar-refractivity contribution >= 4 is 17.1 Å². The van der Waals surface area contributed by atoms with Gasteiger partial charge in [-0.15, -0.1) is 0 Å². The number of aromatic nitrogens is 3. The van der Waals surface area contributed by atoms with E-state index in [0.29, 0.717) is 31.4 Å². The number of benzene rings is 2. The largest absolute Gasteiger partial charge is 0.444 e. The van der Waals surface area contributed by atoms with Crippen LogP contribution in [0.15, 0.2) is 70.4 Å². The Kier molecular flexibility index (Phi) is 8.50. The molecule has 10 heteroatoms. The van der Waals surface area contributed by atoms with Crippen LogP contribution in [-0.2, 0) is 11.3 Å². The number of ether oxygens (including phenoxy) is 1. The molecule has 43 heavy (non-hydrogen) atoms. The fraction of sp³-hybridized carbons (Fsp3) is 0.394. The zero-order valence-corrected chi connectivity index (χ0v) is 25.3. The molecule has 0 unspecified atom stereocenters. The van der Waals surface area contributed by atoms with Gasteiger partial charge in [0.1, 0.15) is 11.4 Å². The average molecular weight is 588 g/mol. The number of pyridine rings is 1. The molecular formula is C33H38FN5O4. The lowest BCUT2D eigenvalue weighted by molar-refractivity contribution is 0.0487. The highest BCUT2D eigenvalue weighted by molar-refractivity contribution is 5.77. The van der Waals surface area contributed by atoms with E-state index in [1.165, 1.54) is 9.13 Å². The van der Waals surface area contributed by atoms with Gasteiger partial charge in [0.15, 0.2) is 5.65 Å². The minimum atomic E-state index is -0.655. The van der Waals surface area contributed by atoms with Crippen molar-refractivity contribution in [3.05, 3.63) is 93.0 Å². The summed E-state index contributed by atoms with van der Waals surface area (Å²) in [5.74, 6) is -0.655. The molecule has 1 aliphatic carbocycles. The predicted molar refractivity (Wildman–Crippen MR) is 165 cm³/mol. The van der Waals surface area contributed by atoms with Gasteiger partial charge in [-0.25, -0.2) is 23.5 Å². The molecule has 1 N–H and O–H groups in total. The molecule has 0 atom stereocenters. The zero-order valence-electron chi connectivity index (χ0n) is 25.3. The van der Waals surface area contributed by atoms with Crippen LogP contribution in [0.1, 0.15) is 58.1 Å². The van der Waals surface area contributed by atoms with Gasteiger partial charge in [-0.05, 0) is 95.4 Å². The molecule has 0 bridgehead atoms. The predicted octanol–water partition coefficient (Wildman–Crippen LogP) is 5.42. The number of fused-ring (bicyclic) bond motifs is 1. The third kappa shape index (κ3) is 6.69. The molecular weight excluding hydrogens is 549 g/mol. The molecule has 1 amide bonds. The highest BCUT2D eigenvalue weighted by atomic mass is 19.1. The molecule has 2 aromatic carbocycles. The van der Waals surface area contributed by atoms with E-state index >= 15 is 0 Å². The number of alkyl carbamates (subject to hydrolysis) is 1. The zero-order chi connectivity index (χ0) is 30.9. The van der Waals surface area contributed by atoms with Crippen molar-refractivity contribution in [3.8, 4) is 16.8 Å². The van der Waals surface area contributed by atoms with Crippen LogP contribution in [0.5, 0.6) is 0 Å². The van der Waals surface area contributed by atoms with Crippen molar-refractivity contribution in [1.82, 2.24) is 24.3 Å². The van der Waals surface area contributed by atoms with Gasteiger partial charge in [-0.1, -0.05) is 36.4 Å². The SMILES string of the molecule is CN(C)Cc1ccccc1-c1cccc(-n2c(=O)n([C@H]3CC[C@@H](NC(=O)OC(C)(C)C)CC3)c(=O)c3cc(F)cnc32)c1. The molecule has 0 radical (unpaired) electrons. The number of rotatable bonds is 6. The molecule has 0 saturated heterocycles. The number of hydrogen-bond donors (Lipinski definition) is 1. The summed E-state index contributed by atoms with van der Waals surface area (Å²) in [5, 5.41) is 2.93. The summed E-state index contributed by atoms with van der Waals surface area (Å²) < 4.78 is 22.4. The van der Waals surface area contributed by atoms with Crippen molar-refractivity contribution in [2.45, 2.75) is 70.7 Å². The third-order valence-electron chi connectivity index (χ3n) is 7.59. The van der Waals surface area contributed by atoms with E-state index < -0.39 is 34.8 Å². The summed E-state index contributed by atoms with van der Waals surface area (Å²) in [6.45, 7) is 6.14. The van der Waals surface area contributed by atoms with E-state index in [-0.39, 0.29) is 17.1 Å². The first-order valence-corrected chi connectivity index (χ1v) is 14.6. The summed E-state index contributed by atoms with van der Waals surface area (Å²) in [7, 11) is 4.02. The van der Waals surface area contributed by atoms with Crippen LogP contribution in [0, 0.1) is 5.82 Å². The Hall–Kier alpha value is -4.31. The topological polar surface area (TPSA) is 98.5 Å². The maximum absolute atomic E-state index is 14.4. The first-order valence-electron chi connectivity index (χ1n) is 14.6. The Balaban J connectivity index is 1.54. The number of nitrogens with one attached hydrogen (secondary N) is 1. The minimum Gasteiger partial charge on any atom is -0.444 e. The van der Waals surface area contributed by atoms with E-state index in [1.54, 1.807) is 26.8 Å². The molecule has 226 valence electrons. The quantitative estimate of drug-likeness (QED) is 0.323. The highest BCUT2D eigenvalue weighted by Crippen LogP contribution is 2.29. The van der Waals surface area contributed by atoms with Gasteiger partial charge in [-0.3, -0.25) is 9.36 Å². The standard InChI is InChI=1S/C33H38FN5O4/c1-33(2,3)43-31(41)36-24-13-15-25(16-14-24)39-30(40)28-18-23(34)19-35-29(28)38(32(39)42)26-11-8-10-21(17-26)27-12-7-6-9-22(27)20-37(4)5/h6-12,17-19,24-25H,13-16,20H2,1-5H3,(H,36,41)/t24-,25+. The van der Waals surface area contributed by atoms with Gasteiger partial charge < -0.3 is 15.0 Å². The Morgan fingerprint density at radius 1 is 1.05 bits per heavy atom. The highest BCUT2D eigenvalue weighted by Gasteiger charge is 2.29. The molecule has 9 nitrogen and oxygen atoms in total. The minimum absolute atomic E-state index is 0.0343. The van der Waals surface area contributed by atoms with E-state index in [4.69, 9.17) is 4.74 Å². The monoisotopic (exact) mass is 587 g/mol.